The van der Waals surface area contributed by atoms with Gasteiger partial charge in [-0.1, -0.05) is 0 Å². The van der Waals surface area contributed by atoms with Crippen molar-refractivity contribution in [3.05, 3.63) is 32.9 Å². The van der Waals surface area contributed by atoms with Crippen molar-refractivity contribution in [2.75, 3.05) is 0 Å². The first-order valence-corrected chi connectivity index (χ1v) is 6.20. The molecule has 0 atom stereocenters. The lowest BCUT2D eigenvalue weighted by Crippen LogP contribution is -2.24. The fourth-order valence-corrected chi connectivity index (χ4v) is 2.64. The minimum Gasteiger partial charge on any atom is -0.344 e. The molecule has 16 heavy (non-hydrogen) atoms. The van der Waals surface area contributed by atoms with Crippen molar-refractivity contribution in [1.82, 2.24) is 20.1 Å². The van der Waals surface area contributed by atoms with Crippen LogP contribution in [0.1, 0.15) is 15.5 Å². The first kappa shape index (κ1) is 11.3. The summed E-state index contributed by atoms with van der Waals surface area (Å²) in [5.41, 5.74) is 0. The maximum absolute atomic E-state index is 11.7. The standard InChI is InChI=1S/C9H9BrN4OS/c1-14-7(12-5-13-14)4-11-9(15)8-6(10)2-3-16-8/h2-3,5H,4H2,1H3,(H,11,15). The number of aromatic nitrogens is 3. The number of hydrogen-bond donors (Lipinski definition) is 1. The van der Waals surface area contributed by atoms with Crippen molar-refractivity contribution in [3.8, 4) is 0 Å². The number of aryl methyl sites for hydroxylation is 1. The number of thiophene rings is 1. The van der Waals surface area contributed by atoms with Gasteiger partial charge in [-0.3, -0.25) is 9.48 Å². The Kier molecular flexibility index (Phi) is 3.35. The number of amides is 1. The summed E-state index contributed by atoms with van der Waals surface area (Å²) in [6, 6.07) is 1.85. The molecule has 0 spiro atoms. The van der Waals surface area contributed by atoms with E-state index in [0.29, 0.717) is 11.4 Å². The van der Waals surface area contributed by atoms with E-state index in [1.165, 1.54) is 17.7 Å². The van der Waals surface area contributed by atoms with E-state index in [0.717, 1.165) is 10.3 Å². The van der Waals surface area contributed by atoms with E-state index in [4.69, 9.17) is 0 Å². The maximum Gasteiger partial charge on any atom is 0.262 e. The molecule has 2 aromatic rings. The van der Waals surface area contributed by atoms with Gasteiger partial charge in [-0.15, -0.1) is 11.3 Å². The van der Waals surface area contributed by atoms with Gasteiger partial charge in [-0.2, -0.15) is 5.10 Å². The molecule has 0 saturated heterocycles. The minimum absolute atomic E-state index is 0.107. The number of carbonyl (C=O) groups is 1. The van der Waals surface area contributed by atoms with E-state index in [1.54, 1.807) is 11.7 Å². The second-order valence-electron chi connectivity index (χ2n) is 3.08. The first-order chi connectivity index (χ1) is 7.68. The first-order valence-electron chi connectivity index (χ1n) is 4.52. The Bertz CT molecular complexity index is 507. The smallest absolute Gasteiger partial charge is 0.262 e. The van der Waals surface area contributed by atoms with E-state index in [-0.39, 0.29) is 5.91 Å². The highest BCUT2D eigenvalue weighted by molar-refractivity contribution is 9.10. The van der Waals surface area contributed by atoms with Crippen molar-refractivity contribution in [2.24, 2.45) is 7.05 Å². The topological polar surface area (TPSA) is 59.8 Å². The Hall–Kier alpha value is -1.21. The van der Waals surface area contributed by atoms with Crippen LogP contribution in [0.5, 0.6) is 0 Å². The largest absolute Gasteiger partial charge is 0.344 e. The van der Waals surface area contributed by atoms with Gasteiger partial charge in [-0.05, 0) is 27.4 Å². The van der Waals surface area contributed by atoms with E-state index in [1.807, 2.05) is 11.4 Å². The predicted octanol–water partition coefficient (Wildman–Crippen LogP) is 1.57. The van der Waals surface area contributed by atoms with Gasteiger partial charge in [0.15, 0.2) is 0 Å². The van der Waals surface area contributed by atoms with Crippen LogP contribution in [-0.4, -0.2) is 20.7 Å². The molecule has 0 aromatic carbocycles. The quantitative estimate of drug-likeness (QED) is 0.936. The third-order valence-corrected chi connectivity index (χ3v) is 3.87. The molecule has 0 bridgehead atoms. The zero-order chi connectivity index (χ0) is 11.5. The summed E-state index contributed by atoms with van der Waals surface area (Å²) < 4.78 is 2.44. The van der Waals surface area contributed by atoms with Crippen LogP contribution in [-0.2, 0) is 13.6 Å². The van der Waals surface area contributed by atoms with Gasteiger partial charge in [0.25, 0.3) is 5.91 Å². The second-order valence-corrected chi connectivity index (χ2v) is 4.85. The van der Waals surface area contributed by atoms with Crippen molar-refractivity contribution < 1.29 is 4.79 Å². The molecule has 0 aliphatic heterocycles. The molecule has 1 N–H and O–H groups in total. The SMILES string of the molecule is Cn1ncnc1CNC(=O)c1sccc1Br. The Morgan fingerprint density at radius 2 is 2.50 bits per heavy atom. The summed E-state index contributed by atoms with van der Waals surface area (Å²) in [6.45, 7) is 0.375. The van der Waals surface area contributed by atoms with E-state index in [9.17, 15) is 4.79 Å². The van der Waals surface area contributed by atoms with Gasteiger partial charge >= 0.3 is 0 Å². The highest BCUT2D eigenvalue weighted by atomic mass is 79.9. The number of nitrogens with zero attached hydrogens (tertiary/aromatic N) is 3. The maximum atomic E-state index is 11.7. The average Bonchev–Trinajstić information content (AvgIpc) is 2.84. The van der Waals surface area contributed by atoms with Crippen molar-refractivity contribution in [3.63, 3.8) is 0 Å². The van der Waals surface area contributed by atoms with Crippen LogP contribution < -0.4 is 5.32 Å². The monoisotopic (exact) mass is 300 g/mol. The molecule has 2 rings (SSSR count). The van der Waals surface area contributed by atoms with Crippen LogP contribution in [0.2, 0.25) is 0 Å². The second kappa shape index (κ2) is 4.75. The van der Waals surface area contributed by atoms with Gasteiger partial charge in [0.1, 0.15) is 17.0 Å². The lowest BCUT2D eigenvalue weighted by atomic mass is 10.4. The molecule has 0 aliphatic rings. The summed E-state index contributed by atoms with van der Waals surface area (Å²) >= 11 is 4.71. The molecule has 0 aliphatic carbocycles. The summed E-state index contributed by atoms with van der Waals surface area (Å²) in [5.74, 6) is 0.617. The van der Waals surface area contributed by atoms with Crippen LogP contribution in [0.4, 0.5) is 0 Å². The van der Waals surface area contributed by atoms with Gasteiger partial charge in [0, 0.05) is 11.5 Å². The van der Waals surface area contributed by atoms with Crippen LogP contribution in [0.3, 0.4) is 0 Å². The summed E-state index contributed by atoms with van der Waals surface area (Å²) in [4.78, 5) is 16.4. The highest BCUT2D eigenvalue weighted by Gasteiger charge is 2.11. The average molecular weight is 301 g/mol. The highest BCUT2D eigenvalue weighted by Crippen LogP contribution is 2.22. The number of halogens is 1. The summed E-state index contributed by atoms with van der Waals surface area (Å²) in [7, 11) is 1.79. The van der Waals surface area contributed by atoms with Crippen LogP contribution >= 0.6 is 27.3 Å². The van der Waals surface area contributed by atoms with Crippen molar-refractivity contribution in [1.29, 1.82) is 0 Å². The molecule has 1 amide bonds. The summed E-state index contributed by atoms with van der Waals surface area (Å²) in [6.07, 6.45) is 1.46. The molecular weight excluding hydrogens is 292 g/mol. The molecule has 2 aromatic heterocycles. The van der Waals surface area contributed by atoms with Gasteiger partial charge in [-0.25, -0.2) is 4.98 Å². The number of nitrogens with one attached hydrogen (secondary N) is 1. The van der Waals surface area contributed by atoms with Gasteiger partial charge < -0.3 is 5.32 Å². The normalized spacial score (nSPS) is 10.4. The lowest BCUT2D eigenvalue weighted by Gasteiger charge is -2.03. The zero-order valence-corrected chi connectivity index (χ0v) is 10.9. The van der Waals surface area contributed by atoms with Crippen molar-refractivity contribution in [2.45, 2.75) is 6.54 Å². The fraction of sp³-hybridized carbons (Fsp3) is 0.222. The Balaban J connectivity index is 1.99. The molecule has 0 saturated carbocycles. The number of carbonyl (C=O) groups excluding carboxylic acids is 1. The van der Waals surface area contributed by atoms with Crippen LogP contribution in [0, 0.1) is 0 Å². The molecule has 0 radical (unpaired) electrons. The van der Waals surface area contributed by atoms with Crippen molar-refractivity contribution >= 4 is 33.2 Å². The minimum atomic E-state index is -0.107. The molecule has 0 fully saturated rings. The molecule has 5 nitrogen and oxygen atoms in total. The molecule has 0 unspecified atom stereocenters. The fourth-order valence-electron chi connectivity index (χ4n) is 1.18. The van der Waals surface area contributed by atoms with Crippen LogP contribution in [0.15, 0.2) is 22.2 Å². The molecular formula is C9H9BrN4OS. The van der Waals surface area contributed by atoms with Gasteiger partial charge in [0.2, 0.25) is 0 Å². The Labute approximate surface area is 105 Å². The zero-order valence-electron chi connectivity index (χ0n) is 8.48. The third-order valence-electron chi connectivity index (χ3n) is 2.04. The molecule has 7 heteroatoms. The number of hydrogen-bond acceptors (Lipinski definition) is 4. The predicted molar refractivity (Wildman–Crippen MR) is 64.2 cm³/mol. The van der Waals surface area contributed by atoms with Gasteiger partial charge in [0.05, 0.1) is 6.54 Å². The summed E-state index contributed by atoms with van der Waals surface area (Å²) in [5, 5.41) is 8.57. The van der Waals surface area contributed by atoms with E-state index in [2.05, 4.69) is 31.3 Å². The van der Waals surface area contributed by atoms with Crippen LogP contribution in [0.25, 0.3) is 0 Å². The molecule has 2 heterocycles. The Morgan fingerprint density at radius 1 is 1.69 bits per heavy atom. The third kappa shape index (κ3) is 2.30. The lowest BCUT2D eigenvalue weighted by molar-refractivity contribution is 0.0953. The molecule has 84 valence electrons. The number of rotatable bonds is 3. The Morgan fingerprint density at radius 3 is 3.06 bits per heavy atom. The van der Waals surface area contributed by atoms with E-state index < -0.39 is 0 Å². The van der Waals surface area contributed by atoms with E-state index >= 15 is 0 Å².